The molecule has 5 rings (SSSR count). The van der Waals surface area contributed by atoms with Gasteiger partial charge in [0.2, 0.25) is 5.13 Å². The lowest BCUT2D eigenvalue weighted by molar-refractivity contribution is -0.132. The summed E-state index contributed by atoms with van der Waals surface area (Å²) < 4.78 is 6.34. The largest absolute Gasteiger partial charge is 0.507 e. The van der Waals surface area contributed by atoms with Gasteiger partial charge in [-0.2, -0.15) is 0 Å². The highest BCUT2D eigenvalue weighted by atomic mass is 32.2. The predicted octanol–water partition coefficient (Wildman–Crippen LogP) is 6.16. The summed E-state index contributed by atoms with van der Waals surface area (Å²) in [6, 6.07) is 23.3. The molecule has 0 aliphatic carbocycles. The van der Waals surface area contributed by atoms with Crippen LogP contribution in [0.25, 0.3) is 5.76 Å². The molecule has 1 aliphatic heterocycles. The fourth-order valence-corrected chi connectivity index (χ4v) is 6.05. The van der Waals surface area contributed by atoms with Crippen LogP contribution in [-0.2, 0) is 15.3 Å². The number of hydrogen-bond acceptors (Lipinski definition) is 8. The van der Waals surface area contributed by atoms with Crippen LogP contribution in [0.15, 0.2) is 88.8 Å². The van der Waals surface area contributed by atoms with Crippen LogP contribution in [0.1, 0.15) is 35.2 Å². The van der Waals surface area contributed by atoms with Gasteiger partial charge >= 0.3 is 5.91 Å². The highest BCUT2D eigenvalue weighted by Gasteiger charge is 2.48. The van der Waals surface area contributed by atoms with Crippen LogP contribution in [0.5, 0.6) is 5.75 Å². The van der Waals surface area contributed by atoms with Gasteiger partial charge in [0.05, 0.1) is 18.2 Å². The molecule has 1 fully saturated rings. The maximum Gasteiger partial charge on any atom is 0.301 e. The number of amides is 1. The van der Waals surface area contributed by atoms with Gasteiger partial charge in [0.1, 0.15) is 11.5 Å². The first kappa shape index (κ1) is 25.7. The monoisotopic (exact) mass is 543 g/mol. The Morgan fingerprint density at radius 3 is 2.53 bits per heavy atom. The van der Waals surface area contributed by atoms with Gasteiger partial charge in [-0.1, -0.05) is 95.4 Å². The summed E-state index contributed by atoms with van der Waals surface area (Å²) in [5, 5.41) is 20.1. The molecule has 0 saturated carbocycles. The molecule has 7 nitrogen and oxygen atoms in total. The molecule has 1 saturated heterocycles. The number of carbonyl (C=O) groups is 2. The second-order valence-electron chi connectivity index (χ2n) is 8.67. The van der Waals surface area contributed by atoms with E-state index in [1.165, 1.54) is 33.6 Å². The Hall–Kier alpha value is -3.95. The Labute approximate surface area is 228 Å². The smallest absolute Gasteiger partial charge is 0.301 e. The molecule has 9 heteroatoms. The van der Waals surface area contributed by atoms with Crippen molar-refractivity contribution in [3.8, 4) is 5.75 Å². The third kappa shape index (κ3) is 5.20. The van der Waals surface area contributed by atoms with Gasteiger partial charge in [0, 0.05) is 11.3 Å². The number of aryl methyl sites for hydroxylation is 1. The normalized spacial score (nSPS) is 16.7. The molecule has 0 radical (unpaired) electrons. The lowest BCUT2D eigenvalue weighted by Gasteiger charge is -2.23. The Bertz CT molecular complexity index is 1500. The summed E-state index contributed by atoms with van der Waals surface area (Å²) >= 11 is 2.75. The van der Waals surface area contributed by atoms with E-state index in [9.17, 15) is 14.7 Å². The number of nitrogens with zero attached hydrogens (tertiary/aromatic N) is 3. The number of anilines is 1. The van der Waals surface area contributed by atoms with Crippen molar-refractivity contribution in [2.75, 3.05) is 11.5 Å². The average Bonchev–Trinajstić information content (AvgIpc) is 3.51. The Morgan fingerprint density at radius 2 is 1.79 bits per heavy atom. The van der Waals surface area contributed by atoms with Crippen LogP contribution in [0.2, 0.25) is 0 Å². The second kappa shape index (κ2) is 11.2. The molecule has 4 aromatic rings. The molecule has 1 aromatic heterocycles. The van der Waals surface area contributed by atoms with E-state index in [-0.39, 0.29) is 16.5 Å². The number of hydrogen-bond donors (Lipinski definition) is 1. The number of aromatic nitrogens is 2. The molecular weight excluding hydrogens is 518 g/mol. The molecule has 1 amide bonds. The molecule has 1 aliphatic rings. The quantitative estimate of drug-likeness (QED) is 0.0935. The van der Waals surface area contributed by atoms with E-state index in [4.69, 9.17) is 4.74 Å². The first-order valence-corrected chi connectivity index (χ1v) is 13.9. The van der Waals surface area contributed by atoms with Gasteiger partial charge in [-0.3, -0.25) is 14.5 Å². The van der Waals surface area contributed by atoms with E-state index in [1.54, 1.807) is 48.5 Å². The number of benzene rings is 3. The van der Waals surface area contributed by atoms with Gasteiger partial charge < -0.3 is 9.84 Å². The summed E-state index contributed by atoms with van der Waals surface area (Å²) in [7, 11) is 0. The summed E-state index contributed by atoms with van der Waals surface area (Å²) in [5.41, 5.74) is 3.41. The molecule has 3 aromatic carbocycles. The molecule has 1 unspecified atom stereocenters. The Kier molecular flexibility index (Phi) is 7.57. The molecule has 1 N–H and O–H groups in total. The van der Waals surface area contributed by atoms with Crippen LogP contribution in [0.4, 0.5) is 5.13 Å². The van der Waals surface area contributed by atoms with E-state index in [0.717, 1.165) is 5.56 Å². The number of carbonyl (C=O) groups excluding carboxylic acids is 2. The van der Waals surface area contributed by atoms with E-state index in [1.807, 2.05) is 19.9 Å². The first-order chi connectivity index (χ1) is 18.5. The summed E-state index contributed by atoms with van der Waals surface area (Å²) in [6.07, 6.45) is 0. The number of thioether (sulfide) groups is 1. The van der Waals surface area contributed by atoms with Crippen LogP contribution in [0.3, 0.4) is 0 Å². The first-order valence-electron chi connectivity index (χ1n) is 12.1. The van der Waals surface area contributed by atoms with Gasteiger partial charge in [-0.05, 0) is 37.1 Å². The van der Waals surface area contributed by atoms with Crippen molar-refractivity contribution in [3.63, 3.8) is 0 Å². The predicted molar refractivity (Wildman–Crippen MR) is 149 cm³/mol. The number of Topliss-reactive ketones (excluding diaryl/α,β-unsaturated/α-hetero) is 1. The topological polar surface area (TPSA) is 92.6 Å². The van der Waals surface area contributed by atoms with Crippen molar-refractivity contribution in [2.24, 2.45) is 0 Å². The van der Waals surface area contributed by atoms with Crippen molar-refractivity contribution in [2.45, 2.75) is 30.0 Å². The molecule has 192 valence electrons. The minimum Gasteiger partial charge on any atom is -0.507 e. The van der Waals surface area contributed by atoms with Crippen LogP contribution < -0.4 is 9.64 Å². The minimum atomic E-state index is -0.890. The number of ketones is 1. The Morgan fingerprint density at radius 1 is 1.03 bits per heavy atom. The van der Waals surface area contributed by atoms with Crippen molar-refractivity contribution >= 4 is 45.7 Å². The van der Waals surface area contributed by atoms with E-state index < -0.39 is 17.7 Å². The fraction of sp³-hybridized carbons (Fsp3) is 0.172. The maximum atomic E-state index is 13.4. The molecule has 0 bridgehead atoms. The molecule has 2 heterocycles. The summed E-state index contributed by atoms with van der Waals surface area (Å²) in [5.74, 6) is -0.483. The third-order valence-electron chi connectivity index (χ3n) is 6.06. The highest BCUT2D eigenvalue weighted by Crippen LogP contribution is 2.44. The molecule has 0 spiro atoms. The second-order valence-corrected chi connectivity index (χ2v) is 10.8. The highest BCUT2D eigenvalue weighted by molar-refractivity contribution is 8.00. The SMILES string of the molecule is CCOc1cccc(C2C(=C(O)c3ccccc3)C(=O)C(=O)N2c2nnc(SCc3ccc(C)cc3)s2)c1. The zero-order valence-corrected chi connectivity index (χ0v) is 22.5. The Balaban J connectivity index is 1.54. The summed E-state index contributed by atoms with van der Waals surface area (Å²) in [4.78, 5) is 28.1. The summed E-state index contributed by atoms with van der Waals surface area (Å²) in [6.45, 7) is 4.39. The standard InChI is InChI=1S/C29H25N3O4S2/c1-3-36-22-11-7-10-21(16-22)24-23(25(33)20-8-5-4-6-9-20)26(34)27(35)32(24)28-30-31-29(38-28)37-17-19-14-12-18(2)13-15-19/h4-16,24,33H,3,17H2,1-2H3. The third-order valence-corrected chi connectivity index (χ3v) is 8.19. The lowest BCUT2D eigenvalue weighted by Crippen LogP contribution is -2.29. The van der Waals surface area contributed by atoms with E-state index in [2.05, 4.69) is 34.5 Å². The number of ether oxygens (including phenoxy) is 1. The minimum absolute atomic E-state index is 0.00101. The average molecular weight is 544 g/mol. The van der Waals surface area contributed by atoms with Crippen LogP contribution >= 0.6 is 23.1 Å². The van der Waals surface area contributed by atoms with Gasteiger partial charge in [0.15, 0.2) is 4.34 Å². The maximum absolute atomic E-state index is 13.4. The number of aliphatic hydroxyl groups excluding tert-OH is 1. The van der Waals surface area contributed by atoms with Crippen molar-refractivity contribution in [1.29, 1.82) is 0 Å². The number of rotatable bonds is 8. The van der Waals surface area contributed by atoms with Crippen LogP contribution in [-0.4, -0.2) is 33.6 Å². The molecular formula is C29H25N3O4S2. The molecule has 38 heavy (non-hydrogen) atoms. The van der Waals surface area contributed by atoms with Gasteiger partial charge in [-0.25, -0.2) is 0 Å². The van der Waals surface area contributed by atoms with E-state index >= 15 is 0 Å². The van der Waals surface area contributed by atoms with Gasteiger partial charge in [-0.15, -0.1) is 10.2 Å². The van der Waals surface area contributed by atoms with E-state index in [0.29, 0.717) is 33.6 Å². The van der Waals surface area contributed by atoms with Gasteiger partial charge in [0.25, 0.3) is 5.78 Å². The molecule has 1 atom stereocenters. The van der Waals surface area contributed by atoms with Crippen molar-refractivity contribution in [1.82, 2.24) is 10.2 Å². The zero-order valence-electron chi connectivity index (χ0n) is 20.8. The van der Waals surface area contributed by atoms with Crippen molar-refractivity contribution < 1.29 is 19.4 Å². The van der Waals surface area contributed by atoms with Crippen LogP contribution in [0, 0.1) is 6.92 Å². The number of aliphatic hydroxyl groups is 1. The zero-order chi connectivity index (χ0) is 26.6. The lowest BCUT2D eigenvalue weighted by atomic mass is 9.95. The van der Waals surface area contributed by atoms with Crippen molar-refractivity contribution in [3.05, 3.63) is 107 Å². The fourth-order valence-electron chi connectivity index (χ4n) is 4.23.